The van der Waals surface area contributed by atoms with Crippen molar-refractivity contribution < 1.29 is 0 Å². The average Bonchev–Trinajstić information content (AvgIpc) is 2.24. The summed E-state index contributed by atoms with van der Waals surface area (Å²) in [5.74, 6) is 1.85. The molecular formula is C11H25N3. The highest BCUT2D eigenvalue weighted by molar-refractivity contribution is 4.74. The normalized spacial score (nSPS) is 27.9. The molecular weight excluding hydrogens is 174 g/mol. The second-order valence-corrected chi connectivity index (χ2v) is 4.42. The Morgan fingerprint density at radius 1 is 1.14 bits per heavy atom. The summed E-state index contributed by atoms with van der Waals surface area (Å²) in [6.45, 7) is 2.31. The van der Waals surface area contributed by atoms with Crippen LogP contribution in [0.4, 0.5) is 0 Å². The number of nitrogens with one attached hydrogen (secondary N) is 3. The minimum atomic E-state index is 0.887. The van der Waals surface area contributed by atoms with Gasteiger partial charge in [0.05, 0.1) is 0 Å². The van der Waals surface area contributed by atoms with Crippen LogP contribution in [-0.4, -0.2) is 27.2 Å². The summed E-state index contributed by atoms with van der Waals surface area (Å²) in [5.41, 5.74) is 6.24. The number of rotatable bonds is 6. The fourth-order valence-electron chi connectivity index (χ4n) is 2.44. The molecule has 1 aliphatic rings. The van der Waals surface area contributed by atoms with E-state index in [-0.39, 0.29) is 0 Å². The molecule has 1 saturated carbocycles. The third-order valence-corrected chi connectivity index (χ3v) is 3.26. The molecule has 0 spiro atoms. The molecule has 0 aliphatic heterocycles. The van der Waals surface area contributed by atoms with E-state index >= 15 is 0 Å². The molecule has 0 aromatic carbocycles. The molecule has 1 unspecified atom stereocenters. The van der Waals surface area contributed by atoms with Gasteiger partial charge >= 0.3 is 0 Å². The summed E-state index contributed by atoms with van der Waals surface area (Å²) in [6, 6.07) is 0. The van der Waals surface area contributed by atoms with Crippen molar-refractivity contribution in [2.24, 2.45) is 11.8 Å². The fourth-order valence-corrected chi connectivity index (χ4v) is 2.44. The van der Waals surface area contributed by atoms with E-state index in [0.29, 0.717) is 0 Å². The maximum Gasteiger partial charge on any atom is 0.0128 e. The lowest BCUT2D eigenvalue weighted by Gasteiger charge is -2.29. The summed E-state index contributed by atoms with van der Waals surface area (Å²) in [7, 11) is 3.99. The van der Waals surface area contributed by atoms with Gasteiger partial charge in [0.2, 0.25) is 0 Å². The Kier molecular flexibility index (Phi) is 6.15. The first-order valence-corrected chi connectivity index (χ1v) is 5.91. The lowest BCUT2D eigenvalue weighted by molar-refractivity contribution is 0.243. The molecule has 0 aromatic heterocycles. The van der Waals surface area contributed by atoms with Gasteiger partial charge < -0.3 is 5.32 Å². The third-order valence-electron chi connectivity index (χ3n) is 3.26. The lowest BCUT2D eigenvalue weighted by atomic mass is 9.80. The molecule has 1 aliphatic carbocycles. The Morgan fingerprint density at radius 3 is 2.64 bits per heavy atom. The minimum Gasteiger partial charge on any atom is -0.320 e. The van der Waals surface area contributed by atoms with E-state index in [0.717, 1.165) is 18.4 Å². The zero-order valence-electron chi connectivity index (χ0n) is 9.60. The van der Waals surface area contributed by atoms with Crippen LogP contribution in [0.2, 0.25) is 0 Å². The molecule has 14 heavy (non-hydrogen) atoms. The maximum atomic E-state index is 3.25. The van der Waals surface area contributed by atoms with Crippen LogP contribution in [0, 0.1) is 11.8 Å². The number of hydrazine groups is 1. The molecule has 3 heteroatoms. The van der Waals surface area contributed by atoms with Gasteiger partial charge in [-0.05, 0) is 51.7 Å². The van der Waals surface area contributed by atoms with Crippen LogP contribution in [-0.2, 0) is 0 Å². The molecule has 1 rings (SSSR count). The first kappa shape index (κ1) is 12.0. The first-order valence-electron chi connectivity index (χ1n) is 5.91. The Labute approximate surface area is 88.0 Å². The quantitative estimate of drug-likeness (QED) is 0.561. The van der Waals surface area contributed by atoms with Gasteiger partial charge in [0.15, 0.2) is 0 Å². The van der Waals surface area contributed by atoms with E-state index in [1.54, 1.807) is 0 Å². The van der Waals surface area contributed by atoms with Crippen molar-refractivity contribution in [3.05, 3.63) is 0 Å². The molecule has 0 bridgehead atoms. The van der Waals surface area contributed by atoms with Gasteiger partial charge in [0, 0.05) is 6.54 Å². The van der Waals surface area contributed by atoms with Crippen molar-refractivity contribution in [3.8, 4) is 0 Å². The molecule has 0 heterocycles. The van der Waals surface area contributed by atoms with Crippen LogP contribution in [0.3, 0.4) is 0 Å². The Bertz CT molecular complexity index is 124. The molecule has 2 atom stereocenters. The van der Waals surface area contributed by atoms with E-state index < -0.39 is 0 Å². The van der Waals surface area contributed by atoms with E-state index in [1.807, 2.05) is 14.1 Å². The van der Waals surface area contributed by atoms with Crippen molar-refractivity contribution in [2.45, 2.75) is 32.1 Å². The monoisotopic (exact) mass is 199 g/mol. The highest BCUT2D eigenvalue weighted by Gasteiger charge is 2.20. The van der Waals surface area contributed by atoms with Gasteiger partial charge in [-0.1, -0.05) is 12.8 Å². The van der Waals surface area contributed by atoms with Crippen LogP contribution >= 0.6 is 0 Å². The van der Waals surface area contributed by atoms with Gasteiger partial charge in [0.25, 0.3) is 0 Å². The topological polar surface area (TPSA) is 36.1 Å². The van der Waals surface area contributed by atoms with Crippen molar-refractivity contribution in [1.82, 2.24) is 16.2 Å². The molecule has 0 aromatic rings. The lowest BCUT2D eigenvalue weighted by Crippen LogP contribution is -2.34. The van der Waals surface area contributed by atoms with Gasteiger partial charge in [0.1, 0.15) is 0 Å². The standard InChI is InChI=1S/C11H25N3/c1-12-7-6-10-4-3-5-11(8-10)9-14-13-2/h10-14H,3-9H2,1-2H3/t10-,11?/m0/s1. The predicted molar refractivity (Wildman–Crippen MR) is 61.1 cm³/mol. The molecule has 3 nitrogen and oxygen atoms in total. The zero-order valence-corrected chi connectivity index (χ0v) is 9.60. The smallest absolute Gasteiger partial charge is 0.0128 e. The second kappa shape index (κ2) is 7.21. The SMILES string of the molecule is CNCC[C@@H]1CCCC(CNNC)C1. The highest BCUT2D eigenvalue weighted by atomic mass is 15.3. The molecule has 3 N–H and O–H groups in total. The van der Waals surface area contributed by atoms with Crippen LogP contribution in [0.15, 0.2) is 0 Å². The first-order chi connectivity index (χ1) is 6.86. The minimum absolute atomic E-state index is 0.887. The Hall–Kier alpha value is -0.120. The molecule has 0 amide bonds. The molecule has 84 valence electrons. The largest absolute Gasteiger partial charge is 0.320 e. The van der Waals surface area contributed by atoms with Crippen LogP contribution in [0.5, 0.6) is 0 Å². The molecule has 0 saturated heterocycles. The van der Waals surface area contributed by atoms with Gasteiger partial charge in [-0.2, -0.15) is 0 Å². The summed E-state index contributed by atoms with van der Waals surface area (Å²) in [5, 5.41) is 3.25. The summed E-state index contributed by atoms with van der Waals surface area (Å²) in [4.78, 5) is 0. The van der Waals surface area contributed by atoms with Crippen LogP contribution in [0.1, 0.15) is 32.1 Å². The molecule has 1 fully saturated rings. The fraction of sp³-hybridized carbons (Fsp3) is 1.00. The highest BCUT2D eigenvalue weighted by Crippen LogP contribution is 2.30. The number of hydrogen-bond donors (Lipinski definition) is 3. The van der Waals surface area contributed by atoms with Gasteiger partial charge in [-0.3, -0.25) is 10.9 Å². The van der Waals surface area contributed by atoms with E-state index in [9.17, 15) is 0 Å². The van der Waals surface area contributed by atoms with Gasteiger partial charge in [-0.15, -0.1) is 0 Å². The van der Waals surface area contributed by atoms with Crippen LogP contribution < -0.4 is 16.2 Å². The Balaban J connectivity index is 2.14. The predicted octanol–water partition coefficient (Wildman–Crippen LogP) is 1.13. The average molecular weight is 199 g/mol. The molecule has 0 radical (unpaired) electrons. The zero-order chi connectivity index (χ0) is 10.2. The van der Waals surface area contributed by atoms with Crippen LogP contribution in [0.25, 0.3) is 0 Å². The summed E-state index contributed by atoms with van der Waals surface area (Å²) in [6.07, 6.45) is 7.04. The van der Waals surface area contributed by atoms with Gasteiger partial charge in [-0.25, -0.2) is 0 Å². The number of hydrogen-bond acceptors (Lipinski definition) is 3. The summed E-state index contributed by atoms with van der Waals surface area (Å²) >= 11 is 0. The Morgan fingerprint density at radius 2 is 1.93 bits per heavy atom. The second-order valence-electron chi connectivity index (χ2n) is 4.42. The third kappa shape index (κ3) is 4.40. The van der Waals surface area contributed by atoms with E-state index in [1.165, 1.54) is 38.6 Å². The van der Waals surface area contributed by atoms with E-state index in [2.05, 4.69) is 16.2 Å². The van der Waals surface area contributed by atoms with E-state index in [4.69, 9.17) is 0 Å². The van der Waals surface area contributed by atoms with Crippen molar-refractivity contribution in [2.75, 3.05) is 27.2 Å². The van der Waals surface area contributed by atoms with Crippen molar-refractivity contribution >= 4 is 0 Å². The summed E-state index contributed by atoms with van der Waals surface area (Å²) < 4.78 is 0. The van der Waals surface area contributed by atoms with Crippen molar-refractivity contribution in [3.63, 3.8) is 0 Å². The van der Waals surface area contributed by atoms with Crippen molar-refractivity contribution in [1.29, 1.82) is 0 Å². The maximum absolute atomic E-state index is 3.25.